The Hall–Kier alpha value is -1.39. The van der Waals surface area contributed by atoms with Gasteiger partial charge in [-0.25, -0.2) is 4.79 Å². The molecule has 0 aromatic heterocycles. The molecule has 5 nitrogen and oxygen atoms in total. The van der Waals surface area contributed by atoms with Crippen molar-refractivity contribution >= 4 is 17.8 Å². The fraction of sp³-hybridized carbons (Fsp3) is 0.667. The average molecular weight is 196 g/mol. The molecule has 1 aliphatic heterocycles. The second-order valence-corrected chi connectivity index (χ2v) is 3.75. The Kier molecular flexibility index (Phi) is 2.02. The lowest BCUT2D eigenvalue weighted by Gasteiger charge is -2.22. The molecule has 0 aromatic carbocycles. The largest absolute Gasteiger partial charge is 0.331 e. The van der Waals surface area contributed by atoms with Crippen molar-refractivity contribution in [2.24, 2.45) is 5.92 Å². The van der Waals surface area contributed by atoms with E-state index in [1.54, 1.807) is 0 Å². The molecule has 2 aliphatic rings. The fourth-order valence-electron chi connectivity index (χ4n) is 1.92. The summed E-state index contributed by atoms with van der Waals surface area (Å²) < 4.78 is 0. The van der Waals surface area contributed by atoms with Gasteiger partial charge in [-0.3, -0.25) is 19.8 Å². The Morgan fingerprint density at radius 1 is 1.43 bits per heavy atom. The summed E-state index contributed by atoms with van der Waals surface area (Å²) in [6.07, 6.45) is 2.81. The smallest absolute Gasteiger partial charge is 0.269 e. The van der Waals surface area contributed by atoms with Crippen molar-refractivity contribution in [2.75, 3.05) is 0 Å². The summed E-state index contributed by atoms with van der Waals surface area (Å²) in [6.45, 7) is 1.92. The molecule has 1 N–H and O–H groups in total. The molecule has 76 valence electrons. The first-order valence-corrected chi connectivity index (χ1v) is 4.83. The van der Waals surface area contributed by atoms with Gasteiger partial charge in [0.05, 0.1) is 0 Å². The molecule has 4 amide bonds. The van der Waals surface area contributed by atoms with E-state index in [2.05, 4.69) is 0 Å². The Balaban J connectivity index is 2.18. The van der Waals surface area contributed by atoms with Crippen LogP contribution in [0.1, 0.15) is 26.2 Å². The third kappa shape index (κ3) is 1.29. The van der Waals surface area contributed by atoms with Gasteiger partial charge in [0, 0.05) is 6.04 Å². The molecule has 1 saturated carbocycles. The number of rotatable bonds is 3. The quantitative estimate of drug-likeness (QED) is 0.520. The molecular weight excluding hydrogens is 184 g/mol. The van der Waals surface area contributed by atoms with E-state index in [0.717, 1.165) is 24.2 Å². The van der Waals surface area contributed by atoms with Gasteiger partial charge in [0.1, 0.15) is 0 Å². The van der Waals surface area contributed by atoms with Crippen LogP contribution in [0.25, 0.3) is 0 Å². The lowest BCUT2D eigenvalue weighted by Crippen LogP contribution is -2.41. The number of urea groups is 1. The monoisotopic (exact) mass is 196 g/mol. The van der Waals surface area contributed by atoms with Crippen molar-refractivity contribution in [3.05, 3.63) is 0 Å². The van der Waals surface area contributed by atoms with Crippen molar-refractivity contribution in [3.8, 4) is 0 Å². The van der Waals surface area contributed by atoms with Crippen molar-refractivity contribution in [3.63, 3.8) is 0 Å². The van der Waals surface area contributed by atoms with Gasteiger partial charge >= 0.3 is 17.8 Å². The van der Waals surface area contributed by atoms with E-state index in [1.807, 2.05) is 12.2 Å². The molecule has 1 unspecified atom stereocenters. The number of hydrogen-bond donors (Lipinski definition) is 1. The van der Waals surface area contributed by atoms with Crippen molar-refractivity contribution in [1.82, 2.24) is 10.2 Å². The maximum Gasteiger partial charge on any atom is 0.331 e. The fourth-order valence-corrected chi connectivity index (χ4v) is 1.92. The number of hydrogen-bond acceptors (Lipinski definition) is 3. The Morgan fingerprint density at radius 2 is 2.07 bits per heavy atom. The molecular formula is C9H12N2O3. The zero-order chi connectivity index (χ0) is 10.3. The highest BCUT2D eigenvalue weighted by molar-refractivity contribution is 6.44. The number of carbonyl (C=O) groups is 3. The Bertz CT molecular complexity index is 309. The molecule has 1 saturated heterocycles. The van der Waals surface area contributed by atoms with Gasteiger partial charge in [0.25, 0.3) is 0 Å². The van der Waals surface area contributed by atoms with Gasteiger partial charge in [0.2, 0.25) is 0 Å². The number of amides is 4. The molecule has 1 heterocycles. The van der Waals surface area contributed by atoms with Crippen LogP contribution >= 0.6 is 0 Å². The molecule has 0 bridgehead atoms. The van der Waals surface area contributed by atoms with E-state index in [4.69, 9.17) is 0 Å². The summed E-state index contributed by atoms with van der Waals surface area (Å²) in [7, 11) is 0. The molecule has 1 atom stereocenters. The van der Waals surface area contributed by atoms with E-state index in [1.165, 1.54) is 0 Å². The van der Waals surface area contributed by atoms with Crippen LogP contribution in [0.4, 0.5) is 4.79 Å². The van der Waals surface area contributed by atoms with Crippen LogP contribution in [-0.2, 0) is 9.59 Å². The van der Waals surface area contributed by atoms with E-state index in [-0.39, 0.29) is 6.04 Å². The molecule has 2 fully saturated rings. The number of nitrogens with zero attached hydrogens (tertiary/aromatic N) is 1. The minimum absolute atomic E-state index is 0.0889. The van der Waals surface area contributed by atoms with Crippen LogP contribution in [0, 0.1) is 5.92 Å². The zero-order valence-corrected chi connectivity index (χ0v) is 7.95. The van der Waals surface area contributed by atoms with Crippen LogP contribution in [0.15, 0.2) is 0 Å². The third-order valence-electron chi connectivity index (χ3n) is 2.77. The van der Waals surface area contributed by atoms with Crippen LogP contribution < -0.4 is 5.32 Å². The van der Waals surface area contributed by atoms with Gasteiger partial charge in [-0.05, 0) is 25.2 Å². The van der Waals surface area contributed by atoms with Gasteiger partial charge in [-0.1, -0.05) is 6.92 Å². The van der Waals surface area contributed by atoms with Gasteiger partial charge in [-0.2, -0.15) is 0 Å². The summed E-state index contributed by atoms with van der Waals surface area (Å²) in [5.74, 6) is -1.09. The van der Waals surface area contributed by atoms with E-state index < -0.39 is 17.8 Å². The summed E-state index contributed by atoms with van der Waals surface area (Å²) in [6, 6.07) is -0.646. The summed E-state index contributed by atoms with van der Waals surface area (Å²) in [5.41, 5.74) is 0. The van der Waals surface area contributed by atoms with Crippen molar-refractivity contribution in [1.29, 1.82) is 0 Å². The number of nitrogens with one attached hydrogen (secondary N) is 1. The SMILES string of the molecule is CCC(C1CC1)N1C(=O)NC(=O)C1=O. The first kappa shape index (κ1) is 9.18. The second-order valence-electron chi connectivity index (χ2n) is 3.75. The van der Waals surface area contributed by atoms with Crippen LogP contribution in [-0.4, -0.2) is 28.8 Å². The second kappa shape index (κ2) is 3.08. The molecule has 0 radical (unpaired) electrons. The van der Waals surface area contributed by atoms with Crippen molar-refractivity contribution < 1.29 is 14.4 Å². The minimum atomic E-state index is -0.797. The van der Waals surface area contributed by atoms with Gasteiger partial charge in [-0.15, -0.1) is 0 Å². The molecule has 0 aromatic rings. The predicted octanol–water partition coefficient (Wildman–Crippen LogP) is 0.253. The maximum absolute atomic E-state index is 11.3. The molecule has 0 spiro atoms. The van der Waals surface area contributed by atoms with Crippen LogP contribution in [0.2, 0.25) is 0 Å². The zero-order valence-electron chi connectivity index (χ0n) is 7.95. The third-order valence-corrected chi connectivity index (χ3v) is 2.77. The molecule has 14 heavy (non-hydrogen) atoms. The first-order valence-electron chi connectivity index (χ1n) is 4.83. The molecule has 2 rings (SSSR count). The standard InChI is InChI=1S/C9H12N2O3/c1-2-6(5-3-4-5)11-8(13)7(12)10-9(11)14/h5-6H,2-4H2,1H3,(H,10,12,14). The molecule has 1 aliphatic carbocycles. The van der Waals surface area contributed by atoms with Gasteiger partial charge in [0.15, 0.2) is 0 Å². The Morgan fingerprint density at radius 3 is 2.43 bits per heavy atom. The normalized spacial score (nSPS) is 24.1. The maximum atomic E-state index is 11.3. The van der Waals surface area contributed by atoms with Crippen LogP contribution in [0.5, 0.6) is 0 Å². The number of carbonyl (C=O) groups excluding carboxylic acids is 3. The highest BCUT2D eigenvalue weighted by Gasteiger charge is 2.45. The first-order chi connectivity index (χ1) is 6.65. The van der Waals surface area contributed by atoms with Gasteiger partial charge < -0.3 is 0 Å². The average Bonchev–Trinajstić information content (AvgIpc) is 2.91. The van der Waals surface area contributed by atoms with E-state index in [0.29, 0.717) is 5.92 Å². The molecule has 5 heteroatoms. The summed E-state index contributed by atoms with van der Waals surface area (Å²) >= 11 is 0. The highest BCUT2D eigenvalue weighted by Crippen LogP contribution is 2.37. The summed E-state index contributed by atoms with van der Waals surface area (Å²) in [4.78, 5) is 34.7. The summed E-state index contributed by atoms with van der Waals surface area (Å²) in [5, 5.41) is 2.01. The Labute approximate surface area is 81.4 Å². The lowest BCUT2D eigenvalue weighted by molar-refractivity contribution is -0.141. The predicted molar refractivity (Wildman–Crippen MR) is 47.2 cm³/mol. The minimum Gasteiger partial charge on any atom is -0.269 e. The lowest BCUT2D eigenvalue weighted by atomic mass is 10.1. The van der Waals surface area contributed by atoms with Crippen molar-refractivity contribution in [2.45, 2.75) is 32.2 Å². The number of imide groups is 2. The van der Waals surface area contributed by atoms with E-state index in [9.17, 15) is 14.4 Å². The van der Waals surface area contributed by atoms with E-state index >= 15 is 0 Å². The highest BCUT2D eigenvalue weighted by atomic mass is 16.2. The van der Waals surface area contributed by atoms with Crippen LogP contribution in [0.3, 0.4) is 0 Å². The topological polar surface area (TPSA) is 66.5 Å².